The average Bonchev–Trinajstić information content (AvgIpc) is 3.36. The number of Topliss-reactive ketones (excluding diaryl/α,β-unsaturated/α-hetero) is 2. The van der Waals surface area contributed by atoms with Gasteiger partial charge in [-0.1, -0.05) is 31.4 Å². The molecule has 3 atom stereocenters. The van der Waals surface area contributed by atoms with Crippen LogP contribution in [0.15, 0.2) is 28.7 Å². The summed E-state index contributed by atoms with van der Waals surface area (Å²) >= 11 is 6.84. The van der Waals surface area contributed by atoms with E-state index < -0.39 is 52.0 Å². The van der Waals surface area contributed by atoms with Gasteiger partial charge in [-0.2, -0.15) is 0 Å². The molecular formula is C28H33ClN2O7. The fourth-order valence-electron chi connectivity index (χ4n) is 6.94. The van der Waals surface area contributed by atoms with Crippen molar-refractivity contribution in [2.75, 3.05) is 13.1 Å². The molecule has 1 amide bonds. The molecule has 0 aromatic heterocycles. The quantitative estimate of drug-likeness (QED) is 0.341. The molecular weight excluding hydrogens is 512 g/mol. The first-order valence-corrected chi connectivity index (χ1v) is 13.6. The molecule has 0 spiro atoms. The highest BCUT2D eigenvalue weighted by Gasteiger charge is 2.59. The lowest BCUT2D eigenvalue weighted by Gasteiger charge is -2.45. The van der Waals surface area contributed by atoms with Crippen LogP contribution in [0, 0.1) is 17.8 Å². The van der Waals surface area contributed by atoms with Crippen molar-refractivity contribution < 1.29 is 34.8 Å². The molecule has 1 saturated carbocycles. The van der Waals surface area contributed by atoms with Gasteiger partial charge in [-0.3, -0.25) is 19.3 Å². The first-order chi connectivity index (χ1) is 18.0. The van der Waals surface area contributed by atoms with E-state index in [2.05, 4.69) is 11.8 Å². The molecule has 38 heavy (non-hydrogen) atoms. The number of benzene rings is 1. The van der Waals surface area contributed by atoms with Gasteiger partial charge in [0, 0.05) is 36.0 Å². The van der Waals surface area contributed by atoms with Crippen LogP contribution < -0.4 is 5.73 Å². The van der Waals surface area contributed by atoms with E-state index in [0.29, 0.717) is 28.6 Å². The van der Waals surface area contributed by atoms with E-state index in [1.54, 1.807) is 0 Å². The maximum Gasteiger partial charge on any atom is 0.255 e. The lowest BCUT2D eigenvalue weighted by atomic mass is 9.60. The Balaban J connectivity index is 1.52. The standard InChI is InChI=1S/C28H33ClN2O7/c1-2-31(11-13-5-3-4-6-13)12-15-9-18(32)21-17(23(15)29)8-14-7-16-10-19(33)22(27(30)37)26(36)28(16,38)25(35)20(14)24(21)34/h9,13-14,16,32-33,35,38H,2-8,10-12H2,1H3,(H2,30,37). The van der Waals surface area contributed by atoms with Crippen molar-refractivity contribution in [3.63, 3.8) is 0 Å². The van der Waals surface area contributed by atoms with Crippen molar-refractivity contribution in [2.45, 2.75) is 64.0 Å². The Morgan fingerprint density at radius 1 is 1.18 bits per heavy atom. The lowest BCUT2D eigenvalue weighted by molar-refractivity contribution is -0.144. The molecule has 0 radical (unpaired) electrons. The number of aliphatic hydroxyl groups excluding tert-OH is 2. The third-order valence-corrected chi connectivity index (χ3v) is 9.37. The van der Waals surface area contributed by atoms with Crippen LogP contribution in [-0.4, -0.2) is 61.5 Å². The summed E-state index contributed by atoms with van der Waals surface area (Å²) in [5.41, 5.74) is 2.80. The number of hydrogen-bond donors (Lipinski definition) is 5. The molecule has 1 fully saturated rings. The maximum atomic E-state index is 13.6. The fraction of sp³-hybridized carbons (Fsp3) is 0.536. The number of halogens is 1. The minimum absolute atomic E-state index is 0.0609. The molecule has 5 rings (SSSR count). The summed E-state index contributed by atoms with van der Waals surface area (Å²) < 4.78 is 0. The predicted octanol–water partition coefficient (Wildman–Crippen LogP) is 3.25. The van der Waals surface area contributed by atoms with Gasteiger partial charge in [-0.15, -0.1) is 0 Å². The fourth-order valence-corrected chi connectivity index (χ4v) is 7.23. The van der Waals surface area contributed by atoms with Gasteiger partial charge in [0.05, 0.1) is 5.56 Å². The number of ketones is 2. The van der Waals surface area contributed by atoms with Crippen LogP contribution in [0.4, 0.5) is 0 Å². The number of hydrogen-bond acceptors (Lipinski definition) is 8. The molecule has 204 valence electrons. The normalized spacial score (nSPS) is 27.6. The van der Waals surface area contributed by atoms with Crippen LogP contribution in [0.2, 0.25) is 5.02 Å². The van der Waals surface area contributed by atoms with Gasteiger partial charge in [0.15, 0.2) is 11.4 Å². The summed E-state index contributed by atoms with van der Waals surface area (Å²) in [4.78, 5) is 40.7. The van der Waals surface area contributed by atoms with E-state index in [4.69, 9.17) is 17.3 Å². The summed E-state index contributed by atoms with van der Waals surface area (Å²) in [6, 6.07) is 1.48. The van der Waals surface area contributed by atoms with Gasteiger partial charge in [0.25, 0.3) is 5.91 Å². The second-order valence-corrected chi connectivity index (χ2v) is 11.5. The number of fused-ring (bicyclic) bond motifs is 3. The highest BCUT2D eigenvalue weighted by atomic mass is 35.5. The number of nitrogens with two attached hydrogens (primary N) is 1. The lowest BCUT2D eigenvalue weighted by Crippen LogP contribution is -2.57. The third-order valence-electron chi connectivity index (χ3n) is 8.90. The molecule has 0 aliphatic heterocycles. The van der Waals surface area contributed by atoms with Gasteiger partial charge >= 0.3 is 0 Å². The summed E-state index contributed by atoms with van der Waals surface area (Å²) in [5, 5.41) is 44.1. The highest BCUT2D eigenvalue weighted by Crippen LogP contribution is 2.52. The monoisotopic (exact) mass is 544 g/mol. The van der Waals surface area contributed by atoms with Crippen molar-refractivity contribution in [3.8, 4) is 5.75 Å². The van der Waals surface area contributed by atoms with Crippen LogP contribution in [0.3, 0.4) is 0 Å². The van der Waals surface area contributed by atoms with E-state index in [-0.39, 0.29) is 36.1 Å². The minimum atomic E-state index is -2.57. The molecule has 10 heteroatoms. The Hall–Kier alpha value is -2.88. The number of nitrogens with zero attached hydrogens (tertiary/aromatic N) is 1. The number of primary amides is 1. The van der Waals surface area contributed by atoms with Crippen molar-refractivity contribution in [1.29, 1.82) is 0 Å². The SMILES string of the molecule is CCN(Cc1cc(O)c2c(c1Cl)CC1CC3CC(O)=C(C(N)=O)C(=O)C3(O)C(O)=C1C2=O)CC1CCCC1. The molecule has 9 nitrogen and oxygen atoms in total. The Labute approximate surface area is 225 Å². The summed E-state index contributed by atoms with van der Waals surface area (Å²) in [5.74, 6) is -5.82. The zero-order valence-electron chi connectivity index (χ0n) is 21.3. The molecule has 6 N–H and O–H groups in total. The number of aliphatic hydroxyl groups is 3. The Kier molecular flexibility index (Phi) is 6.82. The van der Waals surface area contributed by atoms with Crippen molar-refractivity contribution in [3.05, 3.63) is 50.4 Å². The van der Waals surface area contributed by atoms with E-state index in [9.17, 15) is 34.8 Å². The maximum absolute atomic E-state index is 13.6. The zero-order chi connectivity index (χ0) is 27.5. The van der Waals surface area contributed by atoms with Gasteiger partial charge in [-0.05, 0) is 61.3 Å². The summed E-state index contributed by atoms with van der Waals surface area (Å²) in [6.07, 6.45) is 4.91. The molecule has 3 unspecified atom stereocenters. The summed E-state index contributed by atoms with van der Waals surface area (Å²) in [6.45, 7) is 4.34. The van der Waals surface area contributed by atoms with Crippen LogP contribution >= 0.6 is 11.6 Å². The van der Waals surface area contributed by atoms with Gasteiger partial charge in [0.1, 0.15) is 22.8 Å². The summed E-state index contributed by atoms with van der Waals surface area (Å²) in [7, 11) is 0. The largest absolute Gasteiger partial charge is 0.511 e. The Morgan fingerprint density at radius 2 is 1.87 bits per heavy atom. The zero-order valence-corrected chi connectivity index (χ0v) is 22.1. The molecule has 0 bridgehead atoms. The first kappa shape index (κ1) is 26.7. The average molecular weight is 545 g/mol. The van der Waals surface area contributed by atoms with Gasteiger partial charge < -0.3 is 26.2 Å². The molecule has 4 aliphatic rings. The second-order valence-electron chi connectivity index (χ2n) is 11.1. The molecule has 4 aliphatic carbocycles. The van der Waals surface area contributed by atoms with Crippen molar-refractivity contribution >= 4 is 29.1 Å². The topological polar surface area (TPSA) is 161 Å². The third kappa shape index (κ3) is 4.03. The van der Waals surface area contributed by atoms with Crippen LogP contribution in [0.1, 0.15) is 66.9 Å². The highest BCUT2D eigenvalue weighted by molar-refractivity contribution is 6.33. The van der Waals surface area contributed by atoms with Crippen molar-refractivity contribution in [1.82, 2.24) is 4.90 Å². The number of phenols is 1. The second kappa shape index (κ2) is 9.70. The van der Waals surface area contributed by atoms with Gasteiger partial charge in [-0.25, -0.2) is 0 Å². The minimum Gasteiger partial charge on any atom is -0.511 e. The molecule has 1 aromatic carbocycles. The van der Waals surface area contributed by atoms with Crippen LogP contribution in [0.25, 0.3) is 0 Å². The number of aromatic hydroxyl groups is 1. The number of phenolic OH excluding ortho intramolecular Hbond substituents is 1. The molecule has 0 saturated heterocycles. The predicted molar refractivity (Wildman–Crippen MR) is 139 cm³/mol. The number of allylic oxidation sites excluding steroid dienone is 2. The van der Waals surface area contributed by atoms with E-state index in [1.165, 1.54) is 31.7 Å². The number of carbonyl (C=O) groups is 3. The van der Waals surface area contributed by atoms with Gasteiger partial charge in [0.2, 0.25) is 5.78 Å². The van der Waals surface area contributed by atoms with E-state index >= 15 is 0 Å². The first-order valence-electron chi connectivity index (χ1n) is 13.2. The van der Waals surface area contributed by atoms with Crippen LogP contribution in [0.5, 0.6) is 5.75 Å². The molecule has 0 heterocycles. The van der Waals surface area contributed by atoms with Crippen molar-refractivity contribution in [2.24, 2.45) is 23.5 Å². The Bertz CT molecular complexity index is 1300. The van der Waals surface area contributed by atoms with E-state index in [0.717, 1.165) is 13.1 Å². The molecule has 1 aromatic rings. The van der Waals surface area contributed by atoms with E-state index in [1.807, 2.05) is 0 Å². The number of rotatable bonds is 6. The number of carbonyl (C=O) groups excluding carboxylic acids is 3. The van der Waals surface area contributed by atoms with Crippen LogP contribution in [-0.2, 0) is 22.6 Å². The smallest absolute Gasteiger partial charge is 0.255 e. The Morgan fingerprint density at radius 3 is 2.50 bits per heavy atom. The number of amides is 1.